The number of ketones is 1. The third-order valence-corrected chi connectivity index (χ3v) is 4.42. The van der Waals surface area contributed by atoms with Crippen molar-refractivity contribution in [2.24, 2.45) is 5.92 Å². The Morgan fingerprint density at radius 2 is 2.00 bits per heavy atom. The summed E-state index contributed by atoms with van der Waals surface area (Å²) in [6.07, 6.45) is 12.4. The van der Waals surface area contributed by atoms with Gasteiger partial charge >= 0.3 is 0 Å². The van der Waals surface area contributed by atoms with E-state index in [1.54, 1.807) is 7.11 Å². The summed E-state index contributed by atoms with van der Waals surface area (Å²) in [7, 11) is 1.55. The van der Waals surface area contributed by atoms with Crippen molar-refractivity contribution in [3.05, 3.63) is 35.8 Å². The molecular weight excluding hydrogens is 276 g/mol. The SMILES string of the molecule is CC/C=C/C[C@@H](CC)[C@@]1(CC)C=C(CC)C(=O)C=C(OC)O1. The highest BCUT2D eigenvalue weighted by Crippen LogP contribution is 2.38. The van der Waals surface area contributed by atoms with Crippen LogP contribution in [-0.4, -0.2) is 18.5 Å². The third kappa shape index (κ3) is 4.25. The summed E-state index contributed by atoms with van der Waals surface area (Å²) in [6, 6.07) is 0. The van der Waals surface area contributed by atoms with Crippen molar-refractivity contribution in [3.63, 3.8) is 0 Å². The zero-order valence-electron chi connectivity index (χ0n) is 14.6. The molecule has 0 amide bonds. The average molecular weight is 306 g/mol. The number of carbonyl (C=O) groups is 1. The number of allylic oxidation sites excluding steroid dienone is 4. The van der Waals surface area contributed by atoms with Gasteiger partial charge in [0.2, 0.25) is 0 Å². The number of hydrogen-bond donors (Lipinski definition) is 0. The van der Waals surface area contributed by atoms with Crippen LogP contribution in [0, 0.1) is 5.92 Å². The summed E-state index contributed by atoms with van der Waals surface area (Å²) >= 11 is 0. The van der Waals surface area contributed by atoms with Gasteiger partial charge in [0.25, 0.3) is 5.95 Å². The predicted molar refractivity (Wildman–Crippen MR) is 90.4 cm³/mol. The molecule has 22 heavy (non-hydrogen) atoms. The van der Waals surface area contributed by atoms with Gasteiger partial charge in [-0.1, -0.05) is 39.8 Å². The Morgan fingerprint density at radius 1 is 1.27 bits per heavy atom. The van der Waals surface area contributed by atoms with Crippen LogP contribution in [0.15, 0.2) is 35.8 Å². The second kappa shape index (κ2) is 8.82. The van der Waals surface area contributed by atoms with Gasteiger partial charge in [-0.2, -0.15) is 0 Å². The van der Waals surface area contributed by atoms with Crippen LogP contribution >= 0.6 is 0 Å². The molecule has 1 heterocycles. The van der Waals surface area contributed by atoms with Gasteiger partial charge in [0.1, 0.15) is 5.60 Å². The molecule has 3 heteroatoms. The fraction of sp³-hybridized carbons (Fsp3) is 0.632. The maximum Gasteiger partial charge on any atom is 0.283 e. The standard InChI is InChI=1S/C19H30O3/c1-6-10-11-12-16(8-3)19(9-4)14-15(7-2)17(20)13-18(21-5)22-19/h10-11,13-14,16H,6-9,12H2,1-5H3/b11-10+/t16-,19-/m1/s1. The molecule has 1 aliphatic rings. The second-order valence-electron chi connectivity index (χ2n) is 5.69. The zero-order valence-corrected chi connectivity index (χ0v) is 14.6. The molecule has 3 nitrogen and oxygen atoms in total. The topological polar surface area (TPSA) is 35.5 Å². The normalized spacial score (nSPS) is 23.6. The van der Waals surface area contributed by atoms with E-state index in [1.807, 2.05) is 13.0 Å². The molecular formula is C19H30O3. The number of ether oxygens (including phenoxy) is 2. The molecule has 0 fully saturated rings. The lowest BCUT2D eigenvalue weighted by Crippen LogP contribution is -2.38. The first-order chi connectivity index (χ1) is 10.6. The Hall–Kier alpha value is -1.51. The van der Waals surface area contributed by atoms with Crippen molar-refractivity contribution in [1.29, 1.82) is 0 Å². The Bertz CT molecular complexity index is 459. The minimum atomic E-state index is -0.480. The van der Waals surface area contributed by atoms with E-state index in [0.717, 1.165) is 31.3 Å². The molecule has 0 aromatic rings. The highest BCUT2D eigenvalue weighted by molar-refractivity contribution is 6.04. The molecule has 0 bridgehead atoms. The summed E-state index contributed by atoms with van der Waals surface area (Å²) in [5, 5.41) is 0. The van der Waals surface area contributed by atoms with E-state index in [9.17, 15) is 4.79 Å². The Kier molecular flexibility index (Phi) is 7.43. The van der Waals surface area contributed by atoms with Gasteiger partial charge in [-0.05, 0) is 43.8 Å². The molecule has 124 valence electrons. The van der Waals surface area contributed by atoms with Gasteiger partial charge in [0.05, 0.1) is 13.2 Å². The number of hydrogen-bond acceptors (Lipinski definition) is 3. The van der Waals surface area contributed by atoms with Crippen LogP contribution in [0.2, 0.25) is 0 Å². The van der Waals surface area contributed by atoms with E-state index < -0.39 is 5.60 Å². The molecule has 0 aromatic carbocycles. The first kappa shape index (κ1) is 18.5. The fourth-order valence-corrected chi connectivity index (χ4v) is 2.99. The van der Waals surface area contributed by atoms with Crippen LogP contribution in [-0.2, 0) is 14.3 Å². The first-order valence-electron chi connectivity index (χ1n) is 8.42. The van der Waals surface area contributed by atoms with E-state index in [4.69, 9.17) is 9.47 Å². The lowest BCUT2D eigenvalue weighted by Gasteiger charge is -2.37. The van der Waals surface area contributed by atoms with Crippen molar-refractivity contribution in [2.45, 2.75) is 65.4 Å². The van der Waals surface area contributed by atoms with Crippen molar-refractivity contribution >= 4 is 5.78 Å². The van der Waals surface area contributed by atoms with E-state index in [2.05, 4.69) is 32.9 Å². The maximum atomic E-state index is 12.3. The molecule has 0 saturated heterocycles. The number of methoxy groups -OCH3 is 1. The summed E-state index contributed by atoms with van der Waals surface area (Å²) in [4.78, 5) is 12.3. The Labute approximate surface area is 135 Å². The highest BCUT2D eigenvalue weighted by atomic mass is 16.7. The lowest BCUT2D eigenvalue weighted by atomic mass is 9.79. The number of carbonyl (C=O) groups excluding carboxylic acids is 1. The van der Waals surface area contributed by atoms with Crippen molar-refractivity contribution < 1.29 is 14.3 Å². The van der Waals surface area contributed by atoms with Gasteiger partial charge < -0.3 is 9.47 Å². The van der Waals surface area contributed by atoms with Crippen LogP contribution < -0.4 is 0 Å². The van der Waals surface area contributed by atoms with Crippen LogP contribution in [0.3, 0.4) is 0 Å². The van der Waals surface area contributed by atoms with Gasteiger partial charge in [0, 0.05) is 5.92 Å². The number of rotatable bonds is 8. The van der Waals surface area contributed by atoms with E-state index in [0.29, 0.717) is 18.3 Å². The largest absolute Gasteiger partial charge is 0.469 e. The summed E-state index contributed by atoms with van der Waals surface area (Å²) < 4.78 is 11.5. The highest BCUT2D eigenvalue weighted by Gasteiger charge is 2.39. The van der Waals surface area contributed by atoms with Crippen LogP contribution in [0.1, 0.15) is 59.8 Å². The van der Waals surface area contributed by atoms with Crippen LogP contribution in [0.4, 0.5) is 0 Å². The minimum absolute atomic E-state index is 0.00590. The predicted octanol–water partition coefficient (Wildman–Crippen LogP) is 4.94. The molecule has 0 N–H and O–H groups in total. The monoisotopic (exact) mass is 306 g/mol. The van der Waals surface area contributed by atoms with E-state index >= 15 is 0 Å². The maximum absolute atomic E-state index is 12.3. The van der Waals surface area contributed by atoms with Crippen LogP contribution in [0.25, 0.3) is 0 Å². The lowest BCUT2D eigenvalue weighted by molar-refractivity contribution is -0.111. The van der Waals surface area contributed by atoms with Gasteiger partial charge in [-0.25, -0.2) is 0 Å². The second-order valence-corrected chi connectivity index (χ2v) is 5.69. The Balaban J connectivity index is 3.24. The first-order valence-corrected chi connectivity index (χ1v) is 8.42. The molecule has 1 rings (SSSR count). The summed E-state index contributed by atoms with van der Waals surface area (Å²) in [5.41, 5.74) is 0.332. The molecule has 0 spiro atoms. The average Bonchev–Trinajstić information content (AvgIpc) is 2.68. The molecule has 0 saturated carbocycles. The van der Waals surface area contributed by atoms with Gasteiger partial charge in [0.15, 0.2) is 5.78 Å². The molecule has 0 unspecified atom stereocenters. The molecule has 2 atom stereocenters. The van der Waals surface area contributed by atoms with Crippen molar-refractivity contribution in [3.8, 4) is 0 Å². The van der Waals surface area contributed by atoms with Crippen LogP contribution in [0.5, 0.6) is 0 Å². The smallest absolute Gasteiger partial charge is 0.283 e. The van der Waals surface area contributed by atoms with Crippen molar-refractivity contribution in [2.75, 3.05) is 7.11 Å². The Morgan fingerprint density at radius 3 is 2.50 bits per heavy atom. The molecule has 0 radical (unpaired) electrons. The van der Waals surface area contributed by atoms with Gasteiger partial charge in [-0.15, -0.1) is 0 Å². The molecule has 1 aliphatic heterocycles. The van der Waals surface area contributed by atoms with Gasteiger partial charge in [-0.3, -0.25) is 4.79 Å². The summed E-state index contributed by atoms with van der Waals surface area (Å²) in [6.45, 7) is 8.43. The minimum Gasteiger partial charge on any atom is -0.469 e. The molecule has 0 aliphatic carbocycles. The third-order valence-electron chi connectivity index (χ3n) is 4.42. The fourth-order valence-electron chi connectivity index (χ4n) is 2.99. The molecule has 0 aromatic heterocycles. The summed E-state index contributed by atoms with van der Waals surface area (Å²) in [5.74, 6) is 0.629. The van der Waals surface area contributed by atoms with E-state index in [1.165, 1.54) is 6.08 Å². The van der Waals surface area contributed by atoms with E-state index in [-0.39, 0.29) is 5.78 Å². The zero-order chi connectivity index (χ0) is 16.6. The quantitative estimate of drug-likeness (QED) is 0.596. The van der Waals surface area contributed by atoms with Crippen molar-refractivity contribution in [1.82, 2.24) is 0 Å².